The van der Waals surface area contributed by atoms with Gasteiger partial charge in [-0.15, -0.1) is 0 Å². The standard InChI is InChI=1S/C22H22N2O3/c25-21(24-12-11-16-5-1-2-6-18(16)14-24)15-27-22(26)10-9-17-13-23-20-8-4-3-7-19(17)20/h1-8,13,23H,9-12,14-15H2. The predicted octanol–water partition coefficient (Wildman–Crippen LogP) is 3.23. The van der Waals surface area contributed by atoms with E-state index in [0.717, 1.165) is 22.9 Å². The van der Waals surface area contributed by atoms with Crippen LogP contribution in [0.1, 0.15) is 23.1 Å². The molecule has 0 bridgehead atoms. The average molecular weight is 362 g/mol. The molecule has 3 aromatic rings. The Morgan fingerprint density at radius 2 is 1.81 bits per heavy atom. The zero-order valence-electron chi connectivity index (χ0n) is 15.1. The van der Waals surface area contributed by atoms with Gasteiger partial charge in [-0.05, 0) is 35.6 Å². The van der Waals surface area contributed by atoms with Gasteiger partial charge >= 0.3 is 5.97 Å². The first-order valence-corrected chi connectivity index (χ1v) is 9.26. The molecule has 0 aliphatic carbocycles. The van der Waals surface area contributed by atoms with Crippen LogP contribution in [0.15, 0.2) is 54.7 Å². The van der Waals surface area contributed by atoms with Crippen molar-refractivity contribution in [2.75, 3.05) is 13.2 Å². The number of benzene rings is 2. The number of carbonyl (C=O) groups is 2. The molecule has 1 aliphatic heterocycles. The molecular weight excluding hydrogens is 340 g/mol. The Kier molecular flexibility index (Phi) is 4.92. The Morgan fingerprint density at radius 3 is 2.70 bits per heavy atom. The summed E-state index contributed by atoms with van der Waals surface area (Å²) in [4.78, 5) is 29.4. The zero-order chi connectivity index (χ0) is 18.6. The predicted molar refractivity (Wildman–Crippen MR) is 103 cm³/mol. The van der Waals surface area contributed by atoms with Gasteiger partial charge in [-0.25, -0.2) is 0 Å². The minimum Gasteiger partial charge on any atom is -0.456 e. The van der Waals surface area contributed by atoms with Crippen molar-refractivity contribution in [1.29, 1.82) is 0 Å². The fraction of sp³-hybridized carbons (Fsp3) is 0.273. The SMILES string of the molecule is O=C(CCc1c[nH]c2ccccc12)OCC(=O)N1CCc2ccccc2C1. The first-order valence-electron chi connectivity index (χ1n) is 9.26. The largest absolute Gasteiger partial charge is 0.456 e. The number of para-hydroxylation sites is 1. The minimum absolute atomic E-state index is 0.134. The number of hydrogen-bond acceptors (Lipinski definition) is 3. The van der Waals surface area contributed by atoms with E-state index >= 15 is 0 Å². The lowest BCUT2D eigenvalue weighted by molar-refractivity contribution is -0.152. The summed E-state index contributed by atoms with van der Waals surface area (Å²) in [6, 6.07) is 16.1. The van der Waals surface area contributed by atoms with Gasteiger partial charge in [0.1, 0.15) is 0 Å². The molecule has 0 unspecified atom stereocenters. The molecule has 0 fully saturated rings. The number of nitrogens with one attached hydrogen (secondary N) is 1. The highest BCUT2D eigenvalue weighted by Gasteiger charge is 2.21. The Labute approximate surface area is 157 Å². The van der Waals surface area contributed by atoms with Crippen molar-refractivity contribution in [1.82, 2.24) is 9.88 Å². The van der Waals surface area contributed by atoms with Crippen LogP contribution in [0.3, 0.4) is 0 Å². The molecular formula is C22H22N2O3. The van der Waals surface area contributed by atoms with E-state index in [1.54, 1.807) is 4.90 Å². The molecule has 0 saturated heterocycles. The molecule has 138 valence electrons. The van der Waals surface area contributed by atoms with Crippen LogP contribution in [0.5, 0.6) is 0 Å². The number of H-pyrrole nitrogens is 1. The van der Waals surface area contributed by atoms with Gasteiger partial charge in [0.15, 0.2) is 6.61 Å². The van der Waals surface area contributed by atoms with Crippen LogP contribution in [-0.2, 0) is 33.7 Å². The normalized spacial score (nSPS) is 13.4. The molecule has 0 atom stereocenters. The molecule has 5 heteroatoms. The number of esters is 1. The third kappa shape index (κ3) is 3.87. The van der Waals surface area contributed by atoms with Gasteiger partial charge in [-0.3, -0.25) is 9.59 Å². The average Bonchev–Trinajstić information content (AvgIpc) is 3.13. The van der Waals surface area contributed by atoms with E-state index in [4.69, 9.17) is 4.74 Å². The summed E-state index contributed by atoms with van der Waals surface area (Å²) in [6.45, 7) is 1.07. The molecule has 0 saturated carbocycles. The van der Waals surface area contributed by atoms with Crippen molar-refractivity contribution < 1.29 is 14.3 Å². The van der Waals surface area contributed by atoms with Crippen molar-refractivity contribution >= 4 is 22.8 Å². The van der Waals surface area contributed by atoms with Crippen molar-refractivity contribution in [2.24, 2.45) is 0 Å². The number of rotatable bonds is 5. The summed E-state index contributed by atoms with van der Waals surface area (Å²) in [7, 11) is 0. The lowest BCUT2D eigenvalue weighted by Gasteiger charge is -2.28. The topological polar surface area (TPSA) is 62.4 Å². The van der Waals surface area contributed by atoms with E-state index in [0.29, 0.717) is 19.5 Å². The summed E-state index contributed by atoms with van der Waals surface area (Å²) >= 11 is 0. The summed E-state index contributed by atoms with van der Waals surface area (Å²) in [5, 5.41) is 1.12. The van der Waals surface area contributed by atoms with Gasteiger partial charge < -0.3 is 14.6 Å². The van der Waals surface area contributed by atoms with Crippen molar-refractivity contribution in [2.45, 2.75) is 25.8 Å². The molecule has 1 aliphatic rings. The fourth-order valence-corrected chi connectivity index (χ4v) is 3.59. The van der Waals surface area contributed by atoms with E-state index in [-0.39, 0.29) is 24.9 Å². The van der Waals surface area contributed by atoms with Crippen LogP contribution in [0.2, 0.25) is 0 Å². The second-order valence-corrected chi connectivity index (χ2v) is 6.85. The first-order chi connectivity index (χ1) is 13.2. The van der Waals surface area contributed by atoms with Crippen LogP contribution in [0.25, 0.3) is 10.9 Å². The molecule has 1 amide bonds. The molecule has 0 spiro atoms. The van der Waals surface area contributed by atoms with Gasteiger partial charge in [0.25, 0.3) is 5.91 Å². The Morgan fingerprint density at radius 1 is 1.04 bits per heavy atom. The van der Waals surface area contributed by atoms with Crippen molar-refractivity contribution in [3.05, 3.63) is 71.4 Å². The number of amides is 1. The highest BCUT2D eigenvalue weighted by atomic mass is 16.5. The van der Waals surface area contributed by atoms with Gasteiger partial charge in [0.2, 0.25) is 0 Å². The number of aromatic amines is 1. The number of aromatic nitrogens is 1. The van der Waals surface area contributed by atoms with Crippen molar-refractivity contribution in [3.8, 4) is 0 Å². The van der Waals surface area contributed by atoms with Crippen LogP contribution >= 0.6 is 0 Å². The quantitative estimate of drug-likeness (QED) is 0.709. The number of carbonyl (C=O) groups excluding carboxylic acids is 2. The third-order valence-corrected chi connectivity index (χ3v) is 5.11. The molecule has 2 aromatic carbocycles. The molecule has 27 heavy (non-hydrogen) atoms. The number of nitrogens with zero attached hydrogens (tertiary/aromatic N) is 1. The molecule has 0 radical (unpaired) electrons. The van der Waals surface area contributed by atoms with Crippen molar-refractivity contribution in [3.63, 3.8) is 0 Å². The van der Waals surface area contributed by atoms with Crippen LogP contribution < -0.4 is 0 Å². The summed E-state index contributed by atoms with van der Waals surface area (Å²) in [5.74, 6) is -0.476. The number of hydrogen-bond donors (Lipinski definition) is 1. The zero-order valence-corrected chi connectivity index (χ0v) is 15.1. The highest BCUT2D eigenvalue weighted by Crippen LogP contribution is 2.20. The number of fused-ring (bicyclic) bond motifs is 2. The van der Waals surface area contributed by atoms with E-state index in [9.17, 15) is 9.59 Å². The number of aryl methyl sites for hydroxylation is 1. The smallest absolute Gasteiger partial charge is 0.306 e. The lowest BCUT2D eigenvalue weighted by atomic mass is 10.00. The van der Waals surface area contributed by atoms with Gasteiger partial charge in [0, 0.05) is 36.6 Å². The third-order valence-electron chi connectivity index (χ3n) is 5.11. The maximum atomic E-state index is 12.4. The summed E-state index contributed by atoms with van der Waals surface area (Å²) < 4.78 is 5.22. The summed E-state index contributed by atoms with van der Waals surface area (Å²) in [6.07, 6.45) is 3.62. The minimum atomic E-state index is -0.342. The second-order valence-electron chi connectivity index (χ2n) is 6.85. The maximum Gasteiger partial charge on any atom is 0.306 e. The molecule has 2 heterocycles. The van der Waals surface area contributed by atoms with Gasteiger partial charge in [-0.2, -0.15) is 0 Å². The first kappa shape index (κ1) is 17.3. The van der Waals surface area contributed by atoms with Crippen LogP contribution in [0, 0.1) is 0 Å². The van der Waals surface area contributed by atoms with E-state index in [1.165, 1.54) is 11.1 Å². The monoisotopic (exact) mass is 362 g/mol. The fourth-order valence-electron chi connectivity index (χ4n) is 3.59. The molecule has 1 aromatic heterocycles. The van der Waals surface area contributed by atoms with Crippen LogP contribution in [-0.4, -0.2) is 34.9 Å². The van der Waals surface area contributed by atoms with Gasteiger partial charge in [-0.1, -0.05) is 42.5 Å². The van der Waals surface area contributed by atoms with Crippen LogP contribution in [0.4, 0.5) is 0 Å². The Hall–Kier alpha value is -3.08. The molecule has 1 N–H and O–H groups in total. The van der Waals surface area contributed by atoms with Gasteiger partial charge in [0.05, 0.1) is 0 Å². The second kappa shape index (κ2) is 7.66. The Bertz CT molecular complexity index is 976. The maximum absolute atomic E-state index is 12.4. The van der Waals surface area contributed by atoms with E-state index < -0.39 is 0 Å². The van der Waals surface area contributed by atoms with E-state index in [1.807, 2.05) is 48.7 Å². The van der Waals surface area contributed by atoms with E-state index in [2.05, 4.69) is 11.1 Å². The molecule has 4 rings (SSSR count). The summed E-state index contributed by atoms with van der Waals surface area (Å²) in [5.41, 5.74) is 4.60. The Balaban J connectivity index is 1.26. The highest BCUT2D eigenvalue weighted by molar-refractivity contribution is 5.84. The number of ether oxygens (including phenoxy) is 1. The lowest BCUT2D eigenvalue weighted by Crippen LogP contribution is -2.38. The molecule has 5 nitrogen and oxygen atoms in total.